The lowest BCUT2D eigenvalue weighted by atomic mass is 10.1. The van der Waals surface area contributed by atoms with E-state index < -0.39 is 0 Å². The first-order valence-electron chi connectivity index (χ1n) is 6.82. The average molecular weight is 263 g/mol. The van der Waals surface area contributed by atoms with E-state index in [0.717, 1.165) is 24.5 Å². The fourth-order valence-corrected chi connectivity index (χ4v) is 1.76. The van der Waals surface area contributed by atoms with Crippen LogP contribution in [0.15, 0.2) is 18.2 Å². The second-order valence-corrected chi connectivity index (χ2v) is 5.13. The third-order valence-electron chi connectivity index (χ3n) is 3.27. The molecular weight excluding hydrogens is 242 g/mol. The van der Waals surface area contributed by atoms with Gasteiger partial charge in [0.1, 0.15) is 5.75 Å². The van der Waals surface area contributed by atoms with E-state index in [1.807, 2.05) is 0 Å². The largest absolute Gasteiger partial charge is 0.508 e. The Balaban J connectivity index is 1.63. The van der Waals surface area contributed by atoms with Crippen molar-refractivity contribution in [3.8, 4) is 5.75 Å². The number of phenolic OH excluding ortho intramolecular Hbond substituents is 1. The Morgan fingerprint density at radius 2 is 2.26 bits per heavy atom. The van der Waals surface area contributed by atoms with Crippen LogP contribution in [0.1, 0.15) is 35.2 Å². The van der Waals surface area contributed by atoms with Gasteiger partial charge >= 0.3 is 0 Å². The normalized spacial score (nSPS) is 14.4. The van der Waals surface area contributed by atoms with Crippen LogP contribution < -0.4 is 5.32 Å². The van der Waals surface area contributed by atoms with E-state index in [9.17, 15) is 9.90 Å². The summed E-state index contributed by atoms with van der Waals surface area (Å²) in [5, 5.41) is 12.4. The molecule has 1 saturated carbocycles. The molecule has 4 heteroatoms. The zero-order chi connectivity index (χ0) is 13.7. The summed E-state index contributed by atoms with van der Waals surface area (Å²) in [5.74, 6) is 0.781. The molecule has 2 N–H and O–H groups in total. The van der Waals surface area contributed by atoms with Gasteiger partial charge < -0.3 is 15.2 Å². The second-order valence-electron chi connectivity index (χ2n) is 5.13. The number of rotatable bonds is 7. The standard InChI is InChI=1S/C15H21NO3/c1-11-3-6-13(9-14(11)17)15(18)16-7-2-8-19-10-12-4-5-12/h3,6,9,12,17H,2,4-5,7-8,10H2,1H3,(H,16,18). The summed E-state index contributed by atoms with van der Waals surface area (Å²) < 4.78 is 5.49. The number of hydrogen-bond donors (Lipinski definition) is 2. The maximum atomic E-state index is 11.8. The summed E-state index contributed by atoms with van der Waals surface area (Å²) in [6, 6.07) is 4.95. The molecule has 0 bridgehead atoms. The van der Waals surface area contributed by atoms with Gasteiger partial charge in [-0.05, 0) is 49.8 Å². The fourth-order valence-electron chi connectivity index (χ4n) is 1.76. The minimum atomic E-state index is -0.155. The highest BCUT2D eigenvalue weighted by molar-refractivity contribution is 5.94. The summed E-state index contributed by atoms with van der Waals surface area (Å²) in [6.07, 6.45) is 3.41. The zero-order valence-corrected chi connectivity index (χ0v) is 11.3. The van der Waals surface area contributed by atoms with Gasteiger partial charge in [0.2, 0.25) is 0 Å². The average Bonchev–Trinajstić information content (AvgIpc) is 3.20. The number of hydrogen-bond acceptors (Lipinski definition) is 3. The third kappa shape index (κ3) is 4.56. The van der Waals surface area contributed by atoms with Crippen LogP contribution in [-0.4, -0.2) is 30.8 Å². The second kappa shape index (κ2) is 6.57. The lowest BCUT2D eigenvalue weighted by molar-refractivity contribution is 0.0937. The van der Waals surface area contributed by atoms with Crippen molar-refractivity contribution in [2.75, 3.05) is 19.8 Å². The molecule has 0 unspecified atom stereocenters. The van der Waals surface area contributed by atoms with Crippen molar-refractivity contribution < 1.29 is 14.6 Å². The van der Waals surface area contributed by atoms with E-state index in [1.54, 1.807) is 19.1 Å². The van der Waals surface area contributed by atoms with Gasteiger partial charge in [-0.1, -0.05) is 6.07 Å². The SMILES string of the molecule is Cc1ccc(C(=O)NCCCOCC2CC2)cc1O. The van der Waals surface area contributed by atoms with Crippen molar-refractivity contribution in [1.29, 1.82) is 0 Å². The number of aryl methyl sites for hydroxylation is 1. The van der Waals surface area contributed by atoms with E-state index in [0.29, 0.717) is 18.7 Å². The molecule has 0 saturated heterocycles. The molecular formula is C15H21NO3. The highest BCUT2D eigenvalue weighted by atomic mass is 16.5. The number of carbonyl (C=O) groups excluding carboxylic acids is 1. The van der Waals surface area contributed by atoms with Gasteiger partial charge in [0.25, 0.3) is 5.91 Å². The van der Waals surface area contributed by atoms with E-state index in [2.05, 4.69) is 5.32 Å². The molecule has 0 spiro atoms. The molecule has 1 aromatic rings. The topological polar surface area (TPSA) is 58.6 Å². The lowest BCUT2D eigenvalue weighted by Crippen LogP contribution is -2.25. The zero-order valence-electron chi connectivity index (χ0n) is 11.3. The minimum Gasteiger partial charge on any atom is -0.508 e. The van der Waals surface area contributed by atoms with Crippen LogP contribution in [0.5, 0.6) is 5.75 Å². The monoisotopic (exact) mass is 263 g/mol. The summed E-state index contributed by atoms with van der Waals surface area (Å²) in [6.45, 7) is 3.95. The van der Waals surface area contributed by atoms with Crippen molar-refractivity contribution in [1.82, 2.24) is 5.32 Å². The Bertz CT molecular complexity index is 441. The van der Waals surface area contributed by atoms with Crippen LogP contribution in [0.2, 0.25) is 0 Å². The Morgan fingerprint density at radius 3 is 2.95 bits per heavy atom. The van der Waals surface area contributed by atoms with Crippen LogP contribution in [0.3, 0.4) is 0 Å². The van der Waals surface area contributed by atoms with Crippen molar-refractivity contribution in [3.63, 3.8) is 0 Å². The Kier molecular flexibility index (Phi) is 4.80. The third-order valence-corrected chi connectivity index (χ3v) is 3.27. The van der Waals surface area contributed by atoms with E-state index in [1.165, 1.54) is 18.9 Å². The minimum absolute atomic E-state index is 0.153. The quantitative estimate of drug-likeness (QED) is 0.742. The van der Waals surface area contributed by atoms with E-state index >= 15 is 0 Å². The molecule has 1 aliphatic rings. The lowest BCUT2D eigenvalue weighted by Gasteiger charge is -2.07. The number of benzene rings is 1. The number of carbonyl (C=O) groups is 1. The fraction of sp³-hybridized carbons (Fsp3) is 0.533. The van der Waals surface area contributed by atoms with Crippen molar-refractivity contribution in [3.05, 3.63) is 29.3 Å². The van der Waals surface area contributed by atoms with Gasteiger partial charge in [0.05, 0.1) is 0 Å². The summed E-state index contributed by atoms with van der Waals surface area (Å²) in [5.41, 5.74) is 1.26. The van der Waals surface area contributed by atoms with E-state index in [4.69, 9.17) is 4.74 Å². The van der Waals surface area contributed by atoms with Crippen molar-refractivity contribution in [2.45, 2.75) is 26.2 Å². The summed E-state index contributed by atoms with van der Waals surface area (Å²) in [7, 11) is 0. The first kappa shape index (κ1) is 13.9. The number of phenols is 1. The predicted octanol–water partition coefficient (Wildman–Crippen LogP) is 2.25. The molecule has 2 rings (SSSR count). The van der Waals surface area contributed by atoms with Gasteiger partial charge in [0, 0.05) is 25.3 Å². The highest BCUT2D eigenvalue weighted by Crippen LogP contribution is 2.28. The number of nitrogens with one attached hydrogen (secondary N) is 1. The molecule has 19 heavy (non-hydrogen) atoms. The van der Waals surface area contributed by atoms with Crippen LogP contribution in [-0.2, 0) is 4.74 Å². The number of ether oxygens (including phenoxy) is 1. The maximum Gasteiger partial charge on any atom is 0.251 e. The van der Waals surface area contributed by atoms with Crippen LogP contribution >= 0.6 is 0 Å². The highest BCUT2D eigenvalue weighted by Gasteiger charge is 2.20. The molecule has 0 aromatic heterocycles. The van der Waals surface area contributed by atoms with Gasteiger partial charge in [0.15, 0.2) is 0 Å². The molecule has 1 aromatic carbocycles. The first-order valence-corrected chi connectivity index (χ1v) is 6.82. The summed E-state index contributed by atoms with van der Waals surface area (Å²) in [4.78, 5) is 11.8. The molecule has 4 nitrogen and oxygen atoms in total. The molecule has 0 heterocycles. The van der Waals surface area contributed by atoms with Gasteiger partial charge in [-0.3, -0.25) is 4.79 Å². The van der Waals surface area contributed by atoms with Crippen molar-refractivity contribution in [2.24, 2.45) is 5.92 Å². The molecule has 1 fully saturated rings. The molecule has 0 aliphatic heterocycles. The van der Waals surface area contributed by atoms with Crippen LogP contribution in [0.25, 0.3) is 0 Å². The van der Waals surface area contributed by atoms with Gasteiger partial charge in [-0.15, -0.1) is 0 Å². The summed E-state index contributed by atoms with van der Waals surface area (Å²) >= 11 is 0. The van der Waals surface area contributed by atoms with Crippen molar-refractivity contribution >= 4 is 5.91 Å². The number of aromatic hydroxyl groups is 1. The Morgan fingerprint density at radius 1 is 1.47 bits per heavy atom. The Hall–Kier alpha value is -1.55. The smallest absolute Gasteiger partial charge is 0.251 e. The predicted molar refractivity (Wildman–Crippen MR) is 73.3 cm³/mol. The van der Waals surface area contributed by atoms with Gasteiger partial charge in [-0.2, -0.15) is 0 Å². The van der Waals surface area contributed by atoms with Gasteiger partial charge in [-0.25, -0.2) is 0 Å². The molecule has 0 radical (unpaired) electrons. The van der Waals surface area contributed by atoms with E-state index in [-0.39, 0.29) is 11.7 Å². The first-order chi connectivity index (χ1) is 9.16. The molecule has 104 valence electrons. The molecule has 1 aliphatic carbocycles. The molecule has 1 amide bonds. The Labute approximate surface area is 113 Å². The van der Waals surface area contributed by atoms with Crippen LogP contribution in [0.4, 0.5) is 0 Å². The maximum absolute atomic E-state index is 11.8. The van der Waals surface area contributed by atoms with Crippen LogP contribution in [0, 0.1) is 12.8 Å². The molecule has 0 atom stereocenters. The number of amides is 1.